The van der Waals surface area contributed by atoms with E-state index in [2.05, 4.69) is 11.8 Å². The Morgan fingerprint density at radius 2 is 2.32 bits per heavy atom. The molecule has 1 aliphatic rings. The Morgan fingerprint density at radius 3 is 3.00 bits per heavy atom. The van der Waals surface area contributed by atoms with Gasteiger partial charge in [-0.25, -0.2) is 9.18 Å². The maximum absolute atomic E-state index is 13.6. The molecule has 102 valence electrons. The third kappa shape index (κ3) is 3.99. The fraction of sp³-hybridized carbons (Fsp3) is 0.357. The molecule has 0 saturated carbocycles. The van der Waals surface area contributed by atoms with E-state index in [1.165, 1.54) is 18.2 Å². The number of hydrogen-bond donors (Lipinski definition) is 1. The molecule has 1 N–H and O–H groups in total. The zero-order chi connectivity index (χ0) is 13.8. The van der Waals surface area contributed by atoms with Gasteiger partial charge in [0, 0.05) is 35.9 Å². The Morgan fingerprint density at radius 1 is 1.53 bits per heavy atom. The highest BCUT2D eigenvalue weighted by atomic mass is 32.2. The van der Waals surface area contributed by atoms with Crippen molar-refractivity contribution in [3.63, 3.8) is 0 Å². The van der Waals surface area contributed by atoms with Crippen LogP contribution in [0.25, 0.3) is 6.08 Å². The molecule has 0 radical (unpaired) electrons. The lowest BCUT2D eigenvalue weighted by atomic mass is 10.1. The quantitative estimate of drug-likeness (QED) is 0.865. The zero-order valence-corrected chi connectivity index (χ0v) is 11.5. The molecule has 1 fully saturated rings. The fourth-order valence-electron chi connectivity index (χ4n) is 2.10. The van der Waals surface area contributed by atoms with Gasteiger partial charge >= 0.3 is 5.97 Å². The van der Waals surface area contributed by atoms with E-state index in [9.17, 15) is 9.18 Å². The molecule has 0 aromatic heterocycles. The van der Waals surface area contributed by atoms with Gasteiger partial charge < -0.3 is 10.0 Å². The number of carbonyl (C=O) groups is 1. The van der Waals surface area contributed by atoms with Gasteiger partial charge in [0.05, 0.1) is 0 Å². The van der Waals surface area contributed by atoms with E-state index in [1.54, 1.807) is 0 Å². The first-order valence-electron chi connectivity index (χ1n) is 6.13. The van der Waals surface area contributed by atoms with Crippen LogP contribution in [0.5, 0.6) is 0 Å². The van der Waals surface area contributed by atoms with Crippen molar-refractivity contribution in [2.75, 3.05) is 23.7 Å². The van der Waals surface area contributed by atoms with Crippen LogP contribution in [-0.2, 0) is 4.79 Å². The molecule has 5 heteroatoms. The summed E-state index contributed by atoms with van der Waals surface area (Å²) < 4.78 is 13.6. The van der Waals surface area contributed by atoms with Gasteiger partial charge in [-0.3, -0.25) is 0 Å². The Bertz CT molecular complexity index is 504. The first kappa shape index (κ1) is 13.9. The smallest absolute Gasteiger partial charge is 0.328 e. The number of carboxylic acid groups (broad SMARTS) is 1. The summed E-state index contributed by atoms with van der Waals surface area (Å²) in [6.45, 7) is 3.93. The molecule has 1 saturated heterocycles. The van der Waals surface area contributed by atoms with Gasteiger partial charge in [0.2, 0.25) is 0 Å². The molecule has 1 aliphatic heterocycles. The van der Waals surface area contributed by atoms with Crippen LogP contribution in [-0.4, -0.2) is 35.2 Å². The van der Waals surface area contributed by atoms with Crippen LogP contribution in [0.3, 0.4) is 0 Å². The predicted octanol–water partition coefficient (Wildman–Crippen LogP) is 2.87. The summed E-state index contributed by atoms with van der Waals surface area (Å²) in [6.07, 6.45) is 2.43. The van der Waals surface area contributed by atoms with Crippen LogP contribution >= 0.6 is 11.8 Å². The van der Waals surface area contributed by atoms with Crippen molar-refractivity contribution in [3.05, 3.63) is 35.7 Å². The molecule has 1 aromatic carbocycles. The Kier molecular flexibility index (Phi) is 4.47. The summed E-state index contributed by atoms with van der Waals surface area (Å²) in [5.41, 5.74) is 1.39. The van der Waals surface area contributed by atoms with E-state index >= 15 is 0 Å². The van der Waals surface area contributed by atoms with Gasteiger partial charge in [-0.2, -0.15) is 11.8 Å². The molecule has 1 atom stereocenters. The first-order chi connectivity index (χ1) is 9.04. The van der Waals surface area contributed by atoms with E-state index in [1.807, 2.05) is 17.8 Å². The van der Waals surface area contributed by atoms with Crippen LogP contribution in [0.15, 0.2) is 24.3 Å². The van der Waals surface area contributed by atoms with Crippen molar-refractivity contribution < 1.29 is 14.3 Å². The van der Waals surface area contributed by atoms with Crippen molar-refractivity contribution in [1.29, 1.82) is 0 Å². The van der Waals surface area contributed by atoms with Crippen molar-refractivity contribution in [2.24, 2.45) is 0 Å². The Hall–Kier alpha value is -1.49. The second-order valence-electron chi connectivity index (χ2n) is 4.54. The second-order valence-corrected chi connectivity index (χ2v) is 6.09. The van der Waals surface area contributed by atoms with Crippen LogP contribution in [0.2, 0.25) is 0 Å². The number of carboxylic acids is 1. The number of aliphatic carboxylic acids is 1. The lowest BCUT2D eigenvalue weighted by Gasteiger charge is -2.32. The van der Waals surface area contributed by atoms with Gasteiger partial charge in [0.15, 0.2) is 0 Å². The molecule has 0 aliphatic carbocycles. The highest BCUT2D eigenvalue weighted by Crippen LogP contribution is 2.25. The number of anilines is 1. The molecule has 2 rings (SSSR count). The number of benzene rings is 1. The molecule has 3 nitrogen and oxygen atoms in total. The molecule has 1 aromatic rings. The van der Waals surface area contributed by atoms with E-state index < -0.39 is 5.97 Å². The highest BCUT2D eigenvalue weighted by Gasteiger charge is 2.17. The predicted molar refractivity (Wildman–Crippen MR) is 77.2 cm³/mol. The summed E-state index contributed by atoms with van der Waals surface area (Å²) in [5, 5.41) is 9.13. The van der Waals surface area contributed by atoms with E-state index in [4.69, 9.17) is 5.11 Å². The van der Waals surface area contributed by atoms with Crippen molar-refractivity contribution in [3.8, 4) is 0 Å². The standard InChI is InChI=1S/C14H16FNO2S/c1-10-9-16(4-5-19-10)13-7-11(2-3-14(17)18)6-12(15)8-13/h2-3,6-8,10H,4-5,9H2,1H3,(H,17,18)/b3-2+. The fourth-order valence-corrected chi connectivity index (χ4v) is 3.11. The van der Waals surface area contributed by atoms with Gasteiger partial charge in [0.25, 0.3) is 0 Å². The van der Waals surface area contributed by atoms with E-state index in [-0.39, 0.29) is 5.82 Å². The monoisotopic (exact) mass is 281 g/mol. The summed E-state index contributed by atoms with van der Waals surface area (Å²) in [7, 11) is 0. The van der Waals surface area contributed by atoms with Gasteiger partial charge in [-0.1, -0.05) is 6.92 Å². The summed E-state index contributed by atoms with van der Waals surface area (Å²) >= 11 is 1.91. The normalized spacial score (nSPS) is 19.9. The summed E-state index contributed by atoms with van der Waals surface area (Å²) in [6, 6.07) is 4.66. The Labute approximate surface area is 116 Å². The average Bonchev–Trinajstić information content (AvgIpc) is 2.36. The first-order valence-corrected chi connectivity index (χ1v) is 7.17. The van der Waals surface area contributed by atoms with E-state index in [0.29, 0.717) is 10.8 Å². The third-order valence-electron chi connectivity index (χ3n) is 2.93. The van der Waals surface area contributed by atoms with Crippen LogP contribution < -0.4 is 4.90 Å². The molecule has 0 amide bonds. The SMILES string of the molecule is CC1CN(c2cc(F)cc(/C=C/C(=O)O)c2)CCS1. The maximum Gasteiger partial charge on any atom is 0.328 e. The summed E-state index contributed by atoms with van der Waals surface area (Å²) in [5.74, 6) is -0.347. The zero-order valence-electron chi connectivity index (χ0n) is 10.7. The summed E-state index contributed by atoms with van der Waals surface area (Å²) in [4.78, 5) is 12.6. The minimum absolute atomic E-state index is 0.339. The molecule has 1 heterocycles. The molecule has 0 bridgehead atoms. The minimum Gasteiger partial charge on any atom is -0.478 e. The number of rotatable bonds is 3. The van der Waals surface area contributed by atoms with Crippen LogP contribution in [0.1, 0.15) is 12.5 Å². The van der Waals surface area contributed by atoms with Crippen molar-refractivity contribution >= 4 is 29.5 Å². The van der Waals surface area contributed by atoms with E-state index in [0.717, 1.165) is 30.6 Å². The van der Waals surface area contributed by atoms with Crippen LogP contribution in [0.4, 0.5) is 10.1 Å². The number of halogens is 1. The molecular weight excluding hydrogens is 265 g/mol. The number of hydrogen-bond acceptors (Lipinski definition) is 3. The number of thioether (sulfide) groups is 1. The Balaban J connectivity index is 2.23. The lowest BCUT2D eigenvalue weighted by Crippen LogP contribution is -2.36. The lowest BCUT2D eigenvalue weighted by molar-refractivity contribution is -0.131. The topological polar surface area (TPSA) is 40.5 Å². The van der Waals surface area contributed by atoms with Gasteiger partial charge in [-0.15, -0.1) is 0 Å². The van der Waals surface area contributed by atoms with Crippen molar-refractivity contribution in [1.82, 2.24) is 0 Å². The van der Waals surface area contributed by atoms with Crippen molar-refractivity contribution in [2.45, 2.75) is 12.2 Å². The third-order valence-corrected chi connectivity index (χ3v) is 4.07. The molecule has 1 unspecified atom stereocenters. The maximum atomic E-state index is 13.6. The average molecular weight is 281 g/mol. The molecule has 19 heavy (non-hydrogen) atoms. The molecular formula is C14H16FNO2S. The minimum atomic E-state index is -1.03. The van der Waals surface area contributed by atoms with Gasteiger partial charge in [-0.05, 0) is 29.8 Å². The van der Waals surface area contributed by atoms with Crippen LogP contribution in [0, 0.1) is 5.82 Å². The highest BCUT2D eigenvalue weighted by molar-refractivity contribution is 8.00. The number of nitrogens with zero attached hydrogens (tertiary/aromatic N) is 1. The van der Waals surface area contributed by atoms with Gasteiger partial charge in [0.1, 0.15) is 5.82 Å². The second kappa shape index (κ2) is 6.10. The largest absolute Gasteiger partial charge is 0.478 e. The molecule has 0 spiro atoms.